The summed E-state index contributed by atoms with van der Waals surface area (Å²) in [4.78, 5) is 0. The molecule has 0 amide bonds. The molecule has 0 heteroatoms. The van der Waals surface area contributed by atoms with Crippen LogP contribution in [0.1, 0.15) is 71.6 Å². The molecule has 0 nitrogen and oxygen atoms in total. The van der Waals surface area contributed by atoms with Crippen molar-refractivity contribution in [1.82, 2.24) is 0 Å². The lowest BCUT2D eigenvalue weighted by atomic mass is 9.85. The first-order valence-electron chi connectivity index (χ1n) is 6.53. The number of unbranched alkanes of at least 4 members (excludes halogenated alkanes) is 4. The van der Waals surface area contributed by atoms with Crippen LogP contribution in [0.3, 0.4) is 0 Å². The summed E-state index contributed by atoms with van der Waals surface area (Å²) in [5.41, 5.74) is 1.76. The molecule has 1 rings (SSSR count). The molecule has 1 fully saturated rings. The lowest BCUT2D eigenvalue weighted by Crippen LogP contribution is -2.05. The first-order valence-corrected chi connectivity index (χ1v) is 6.53. The van der Waals surface area contributed by atoms with E-state index >= 15 is 0 Å². The first kappa shape index (κ1) is 11.8. The van der Waals surface area contributed by atoms with Crippen LogP contribution in [-0.2, 0) is 0 Å². The molecule has 0 bridgehead atoms. The molecule has 0 N–H and O–H groups in total. The number of hydrogen-bond acceptors (Lipinski definition) is 0. The molecule has 0 saturated heterocycles. The van der Waals surface area contributed by atoms with Gasteiger partial charge in [-0.2, -0.15) is 0 Å². The maximum Gasteiger partial charge on any atom is -0.0232 e. The van der Waals surface area contributed by atoms with E-state index < -0.39 is 0 Å². The lowest BCUT2D eigenvalue weighted by Gasteiger charge is -2.21. The summed E-state index contributed by atoms with van der Waals surface area (Å²) in [5, 5.41) is 0. The molecule has 1 saturated carbocycles. The molecule has 82 valence electrons. The third-order valence-corrected chi connectivity index (χ3v) is 3.45. The zero-order chi connectivity index (χ0) is 10.2. The van der Waals surface area contributed by atoms with Gasteiger partial charge in [0.15, 0.2) is 0 Å². The summed E-state index contributed by atoms with van der Waals surface area (Å²) in [5.74, 6) is 0.884. The highest BCUT2D eigenvalue weighted by Gasteiger charge is 2.12. The van der Waals surface area contributed by atoms with E-state index in [9.17, 15) is 0 Å². The molecule has 1 aliphatic carbocycles. The summed E-state index contributed by atoms with van der Waals surface area (Å²) in [6.07, 6.45) is 15.2. The molecule has 1 unspecified atom stereocenters. The molecule has 0 heterocycles. The Morgan fingerprint density at radius 1 is 1.21 bits per heavy atom. The molecule has 0 aromatic heterocycles. The summed E-state index contributed by atoms with van der Waals surface area (Å²) in [6, 6.07) is 0. The molecular weight excluding hydrogens is 168 g/mol. The van der Waals surface area contributed by atoms with Crippen LogP contribution < -0.4 is 0 Å². The van der Waals surface area contributed by atoms with Gasteiger partial charge < -0.3 is 0 Å². The first-order chi connectivity index (χ1) is 6.84. The van der Waals surface area contributed by atoms with Gasteiger partial charge in [-0.1, -0.05) is 51.2 Å². The Morgan fingerprint density at radius 2 is 2.07 bits per heavy atom. The fraction of sp³-hybridized carbons (Fsp3) is 0.857. The van der Waals surface area contributed by atoms with Crippen molar-refractivity contribution >= 4 is 0 Å². The Bertz CT molecular complexity index is 167. The van der Waals surface area contributed by atoms with Gasteiger partial charge in [-0.25, -0.2) is 0 Å². The smallest absolute Gasteiger partial charge is 0.0232 e. The van der Waals surface area contributed by atoms with Crippen molar-refractivity contribution in [3.63, 3.8) is 0 Å². The molecule has 1 aliphatic rings. The highest BCUT2D eigenvalue weighted by Crippen LogP contribution is 2.29. The van der Waals surface area contributed by atoms with Gasteiger partial charge in [-0.15, -0.1) is 0 Å². The monoisotopic (exact) mass is 194 g/mol. The van der Waals surface area contributed by atoms with Crippen molar-refractivity contribution in [1.29, 1.82) is 0 Å². The van der Waals surface area contributed by atoms with Crippen LogP contribution in [0, 0.1) is 5.92 Å². The van der Waals surface area contributed by atoms with Crippen molar-refractivity contribution in [3.05, 3.63) is 11.6 Å². The van der Waals surface area contributed by atoms with Gasteiger partial charge in [-0.05, 0) is 38.0 Å². The third kappa shape index (κ3) is 4.30. The summed E-state index contributed by atoms with van der Waals surface area (Å²) < 4.78 is 0. The zero-order valence-electron chi connectivity index (χ0n) is 10.0. The predicted molar refractivity (Wildman–Crippen MR) is 64.5 cm³/mol. The second-order valence-corrected chi connectivity index (χ2v) is 4.78. The summed E-state index contributed by atoms with van der Waals surface area (Å²) in [6.45, 7) is 4.68. The Morgan fingerprint density at radius 3 is 2.79 bits per heavy atom. The average molecular weight is 194 g/mol. The Balaban J connectivity index is 2.15. The van der Waals surface area contributed by atoms with Gasteiger partial charge in [0, 0.05) is 0 Å². The van der Waals surface area contributed by atoms with Crippen LogP contribution in [0.4, 0.5) is 0 Å². The predicted octanol–water partition coefficient (Wildman–Crippen LogP) is 5.09. The highest BCUT2D eigenvalue weighted by molar-refractivity contribution is 5.07. The van der Waals surface area contributed by atoms with Gasteiger partial charge in [0.25, 0.3) is 0 Å². The number of hydrogen-bond donors (Lipinski definition) is 0. The summed E-state index contributed by atoms with van der Waals surface area (Å²) >= 11 is 0. The van der Waals surface area contributed by atoms with E-state index in [1.807, 2.05) is 0 Å². The van der Waals surface area contributed by atoms with Crippen LogP contribution in [-0.4, -0.2) is 0 Å². The van der Waals surface area contributed by atoms with Crippen LogP contribution in [0.25, 0.3) is 0 Å². The van der Waals surface area contributed by atoms with Gasteiger partial charge in [0.2, 0.25) is 0 Å². The minimum Gasteiger partial charge on any atom is -0.0851 e. The number of rotatable bonds is 5. The van der Waals surface area contributed by atoms with Crippen molar-refractivity contribution in [2.24, 2.45) is 5.92 Å². The van der Waals surface area contributed by atoms with Crippen molar-refractivity contribution < 1.29 is 0 Å². The SMILES string of the molecule is CCCCCC/C=C1\CCCCC1C. The fourth-order valence-corrected chi connectivity index (χ4v) is 2.37. The van der Waals surface area contributed by atoms with E-state index in [1.54, 1.807) is 5.57 Å². The maximum absolute atomic E-state index is 2.54. The Hall–Kier alpha value is -0.260. The minimum atomic E-state index is 0.884. The molecule has 14 heavy (non-hydrogen) atoms. The normalized spacial score (nSPS) is 25.6. The van der Waals surface area contributed by atoms with Crippen LogP contribution >= 0.6 is 0 Å². The van der Waals surface area contributed by atoms with Crippen LogP contribution in [0.5, 0.6) is 0 Å². The van der Waals surface area contributed by atoms with Crippen molar-refractivity contribution in [3.8, 4) is 0 Å². The second kappa shape index (κ2) is 7.09. The molecule has 0 radical (unpaired) electrons. The average Bonchev–Trinajstić information content (AvgIpc) is 2.20. The molecule has 0 spiro atoms. The summed E-state index contributed by atoms with van der Waals surface area (Å²) in [7, 11) is 0. The number of allylic oxidation sites excluding steroid dienone is 2. The maximum atomic E-state index is 2.54. The van der Waals surface area contributed by atoms with E-state index in [0.29, 0.717) is 0 Å². The fourth-order valence-electron chi connectivity index (χ4n) is 2.37. The molecule has 0 aliphatic heterocycles. The van der Waals surface area contributed by atoms with Crippen LogP contribution in [0.2, 0.25) is 0 Å². The molecule has 0 aromatic carbocycles. The Kier molecular flexibility index (Phi) is 5.98. The molecular formula is C14H26. The Labute approximate surface area is 89.8 Å². The van der Waals surface area contributed by atoms with E-state index in [-0.39, 0.29) is 0 Å². The third-order valence-electron chi connectivity index (χ3n) is 3.45. The zero-order valence-corrected chi connectivity index (χ0v) is 10.0. The van der Waals surface area contributed by atoms with Crippen molar-refractivity contribution in [2.45, 2.75) is 71.6 Å². The van der Waals surface area contributed by atoms with Gasteiger partial charge >= 0.3 is 0 Å². The molecule has 1 atom stereocenters. The van der Waals surface area contributed by atoms with Gasteiger partial charge in [-0.3, -0.25) is 0 Å². The lowest BCUT2D eigenvalue weighted by molar-refractivity contribution is 0.480. The second-order valence-electron chi connectivity index (χ2n) is 4.78. The standard InChI is InChI=1S/C14H26/c1-3-4-5-6-7-11-14-12-9-8-10-13(14)2/h11,13H,3-10,12H2,1-2H3/b14-11+. The quantitative estimate of drug-likeness (QED) is 0.422. The largest absolute Gasteiger partial charge is 0.0851 e. The topological polar surface area (TPSA) is 0 Å². The van der Waals surface area contributed by atoms with E-state index in [2.05, 4.69) is 19.9 Å². The van der Waals surface area contributed by atoms with Crippen molar-refractivity contribution in [2.75, 3.05) is 0 Å². The highest BCUT2D eigenvalue weighted by atomic mass is 14.2. The van der Waals surface area contributed by atoms with Gasteiger partial charge in [0.1, 0.15) is 0 Å². The van der Waals surface area contributed by atoms with E-state index in [0.717, 1.165) is 5.92 Å². The molecule has 0 aromatic rings. The minimum absolute atomic E-state index is 0.884. The van der Waals surface area contributed by atoms with Crippen LogP contribution in [0.15, 0.2) is 11.6 Å². The van der Waals surface area contributed by atoms with E-state index in [4.69, 9.17) is 0 Å². The van der Waals surface area contributed by atoms with Gasteiger partial charge in [0.05, 0.1) is 0 Å². The van der Waals surface area contributed by atoms with E-state index in [1.165, 1.54) is 57.8 Å².